The van der Waals surface area contributed by atoms with Crippen molar-refractivity contribution in [1.29, 1.82) is 0 Å². The first-order valence-corrected chi connectivity index (χ1v) is 7.70. The van der Waals surface area contributed by atoms with Crippen LogP contribution < -0.4 is 5.32 Å². The molecule has 0 saturated carbocycles. The highest BCUT2D eigenvalue weighted by molar-refractivity contribution is 4.83. The Kier molecular flexibility index (Phi) is 10.7. The standard InChI is InChI=1S/C15H34N2O/c1-5-8-11-17(12-9-6-2)13-10-15(4,14-18)16-7-3/h16,18H,5-14H2,1-4H3. The molecule has 0 aromatic carbocycles. The van der Waals surface area contributed by atoms with Crippen LogP contribution in [-0.4, -0.2) is 48.3 Å². The largest absolute Gasteiger partial charge is 0.394 e. The third kappa shape index (κ3) is 8.06. The lowest BCUT2D eigenvalue weighted by Gasteiger charge is -2.32. The Bertz CT molecular complexity index is 179. The van der Waals surface area contributed by atoms with Gasteiger partial charge in [0.1, 0.15) is 0 Å². The molecule has 3 nitrogen and oxygen atoms in total. The number of rotatable bonds is 12. The Morgan fingerprint density at radius 3 is 1.94 bits per heavy atom. The fourth-order valence-electron chi connectivity index (χ4n) is 2.15. The second-order valence-electron chi connectivity index (χ2n) is 5.55. The van der Waals surface area contributed by atoms with Gasteiger partial charge in [0.2, 0.25) is 0 Å². The van der Waals surface area contributed by atoms with Gasteiger partial charge in [0, 0.05) is 5.54 Å². The smallest absolute Gasteiger partial charge is 0.0611 e. The van der Waals surface area contributed by atoms with Crippen molar-refractivity contribution >= 4 is 0 Å². The molecule has 0 saturated heterocycles. The lowest BCUT2D eigenvalue weighted by Crippen LogP contribution is -2.48. The number of nitrogens with one attached hydrogen (secondary N) is 1. The molecule has 3 heteroatoms. The van der Waals surface area contributed by atoms with E-state index in [9.17, 15) is 5.11 Å². The zero-order valence-corrected chi connectivity index (χ0v) is 13.0. The van der Waals surface area contributed by atoms with Gasteiger partial charge in [-0.3, -0.25) is 0 Å². The van der Waals surface area contributed by atoms with Gasteiger partial charge >= 0.3 is 0 Å². The molecular formula is C15H34N2O. The highest BCUT2D eigenvalue weighted by Crippen LogP contribution is 2.11. The molecule has 0 aliphatic rings. The first-order chi connectivity index (χ1) is 8.61. The van der Waals surface area contributed by atoms with Crippen molar-refractivity contribution in [3.8, 4) is 0 Å². The maximum absolute atomic E-state index is 9.50. The number of likely N-dealkylation sites (N-methyl/N-ethyl adjacent to an activating group) is 1. The monoisotopic (exact) mass is 258 g/mol. The molecule has 0 bridgehead atoms. The maximum Gasteiger partial charge on any atom is 0.0611 e. The average molecular weight is 258 g/mol. The predicted molar refractivity (Wildman–Crippen MR) is 80.0 cm³/mol. The molecule has 110 valence electrons. The molecule has 0 aromatic rings. The van der Waals surface area contributed by atoms with Crippen molar-refractivity contribution in [3.05, 3.63) is 0 Å². The van der Waals surface area contributed by atoms with Crippen molar-refractivity contribution in [1.82, 2.24) is 10.2 Å². The number of hydrogen-bond donors (Lipinski definition) is 2. The van der Waals surface area contributed by atoms with E-state index in [0.29, 0.717) is 0 Å². The van der Waals surface area contributed by atoms with Crippen LogP contribution in [-0.2, 0) is 0 Å². The van der Waals surface area contributed by atoms with E-state index >= 15 is 0 Å². The van der Waals surface area contributed by atoms with Gasteiger partial charge in [0.15, 0.2) is 0 Å². The quantitative estimate of drug-likeness (QED) is 0.565. The minimum absolute atomic E-state index is 0.120. The molecule has 0 aliphatic carbocycles. The minimum Gasteiger partial charge on any atom is -0.394 e. The zero-order chi connectivity index (χ0) is 13.9. The number of nitrogens with zero attached hydrogens (tertiary/aromatic N) is 1. The Morgan fingerprint density at radius 1 is 1.00 bits per heavy atom. The molecule has 0 amide bonds. The third-order valence-corrected chi connectivity index (χ3v) is 3.59. The lowest BCUT2D eigenvalue weighted by molar-refractivity contribution is 0.145. The van der Waals surface area contributed by atoms with Crippen LogP contribution in [0.4, 0.5) is 0 Å². The van der Waals surface area contributed by atoms with Gasteiger partial charge in [-0.2, -0.15) is 0 Å². The van der Waals surface area contributed by atoms with E-state index in [1.54, 1.807) is 0 Å². The molecular weight excluding hydrogens is 224 g/mol. The molecule has 0 heterocycles. The molecule has 0 aromatic heterocycles. The summed E-state index contributed by atoms with van der Waals surface area (Å²) in [5.41, 5.74) is -0.120. The summed E-state index contributed by atoms with van der Waals surface area (Å²) in [5, 5.41) is 12.9. The van der Waals surface area contributed by atoms with Crippen LogP contribution in [0.1, 0.15) is 59.8 Å². The predicted octanol–water partition coefficient (Wildman–Crippen LogP) is 2.64. The van der Waals surface area contributed by atoms with Gasteiger partial charge < -0.3 is 15.3 Å². The van der Waals surface area contributed by atoms with Gasteiger partial charge in [0.25, 0.3) is 0 Å². The Morgan fingerprint density at radius 2 is 1.56 bits per heavy atom. The normalized spacial score (nSPS) is 15.0. The summed E-state index contributed by atoms with van der Waals surface area (Å²) in [6, 6.07) is 0. The van der Waals surface area contributed by atoms with E-state index < -0.39 is 0 Å². The summed E-state index contributed by atoms with van der Waals surface area (Å²) in [6.07, 6.45) is 6.09. The van der Waals surface area contributed by atoms with E-state index in [4.69, 9.17) is 0 Å². The molecule has 1 atom stereocenters. The van der Waals surface area contributed by atoms with Crippen LogP contribution in [0, 0.1) is 0 Å². The van der Waals surface area contributed by atoms with Crippen LogP contribution in [0.2, 0.25) is 0 Å². The fourth-order valence-corrected chi connectivity index (χ4v) is 2.15. The summed E-state index contributed by atoms with van der Waals surface area (Å²) in [5.74, 6) is 0. The van der Waals surface area contributed by atoms with Crippen LogP contribution in [0.3, 0.4) is 0 Å². The van der Waals surface area contributed by atoms with Gasteiger partial charge in [-0.15, -0.1) is 0 Å². The molecule has 0 fully saturated rings. The van der Waals surface area contributed by atoms with E-state index in [-0.39, 0.29) is 12.1 Å². The summed E-state index contributed by atoms with van der Waals surface area (Å²) in [7, 11) is 0. The van der Waals surface area contributed by atoms with Crippen molar-refractivity contribution in [2.75, 3.05) is 32.8 Å². The van der Waals surface area contributed by atoms with E-state index in [2.05, 4.69) is 37.9 Å². The Balaban J connectivity index is 4.11. The number of aliphatic hydroxyl groups is 1. The molecule has 18 heavy (non-hydrogen) atoms. The molecule has 1 unspecified atom stereocenters. The zero-order valence-electron chi connectivity index (χ0n) is 13.0. The molecule has 0 rings (SSSR count). The van der Waals surface area contributed by atoms with E-state index in [0.717, 1.165) is 19.5 Å². The van der Waals surface area contributed by atoms with Crippen LogP contribution in [0.25, 0.3) is 0 Å². The Hall–Kier alpha value is -0.120. The van der Waals surface area contributed by atoms with Gasteiger partial charge in [-0.05, 0) is 52.4 Å². The SMILES string of the molecule is CCCCN(CCCC)CCC(C)(CO)NCC. The first kappa shape index (κ1) is 17.9. The topological polar surface area (TPSA) is 35.5 Å². The second-order valence-corrected chi connectivity index (χ2v) is 5.55. The fraction of sp³-hybridized carbons (Fsp3) is 1.00. The Labute approximate surface area is 114 Å². The highest BCUT2D eigenvalue weighted by Gasteiger charge is 2.22. The molecule has 2 N–H and O–H groups in total. The minimum atomic E-state index is -0.120. The summed E-state index contributed by atoms with van der Waals surface area (Å²) < 4.78 is 0. The van der Waals surface area contributed by atoms with Crippen LogP contribution in [0.5, 0.6) is 0 Å². The number of aliphatic hydroxyl groups excluding tert-OH is 1. The van der Waals surface area contributed by atoms with Crippen LogP contribution in [0.15, 0.2) is 0 Å². The van der Waals surface area contributed by atoms with Gasteiger partial charge in [-0.1, -0.05) is 33.6 Å². The van der Waals surface area contributed by atoms with Crippen molar-refractivity contribution < 1.29 is 5.11 Å². The average Bonchev–Trinajstić information content (AvgIpc) is 2.38. The van der Waals surface area contributed by atoms with Crippen LogP contribution >= 0.6 is 0 Å². The number of unbranched alkanes of at least 4 members (excludes halogenated alkanes) is 2. The van der Waals surface area contributed by atoms with Crippen molar-refractivity contribution in [2.24, 2.45) is 0 Å². The lowest BCUT2D eigenvalue weighted by atomic mass is 9.98. The molecule has 0 aliphatic heterocycles. The summed E-state index contributed by atoms with van der Waals surface area (Å²) in [6.45, 7) is 13.3. The second kappa shape index (κ2) is 10.8. The third-order valence-electron chi connectivity index (χ3n) is 3.59. The first-order valence-electron chi connectivity index (χ1n) is 7.70. The summed E-state index contributed by atoms with van der Waals surface area (Å²) >= 11 is 0. The molecule has 0 spiro atoms. The maximum atomic E-state index is 9.50. The molecule has 0 radical (unpaired) electrons. The highest BCUT2D eigenvalue weighted by atomic mass is 16.3. The van der Waals surface area contributed by atoms with Crippen molar-refractivity contribution in [2.45, 2.75) is 65.3 Å². The number of hydrogen-bond acceptors (Lipinski definition) is 3. The van der Waals surface area contributed by atoms with Gasteiger partial charge in [-0.25, -0.2) is 0 Å². The summed E-state index contributed by atoms with van der Waals surface area (Å²) in [4.78, 5) is 2.55. The van der Waals surface area contributed by atoms with E-state index in [1.807, 2.05) is 0 Å². The van der Waals surface area contributed by atoms with Gasteiger partial charge in [0.05, 0.1) is 6.61 Å². The van der Waals surface area contributed by atoms with E-state index in [1.165, 1.54) is 38.8 Å². The van der Waals surface area contributed by atoms with Crippen molar-refractivity contribution in [3.63, 3.8) is 0 Å².